The molecule has 4 nitrogen and oxygen atoms in total. The molecule has 0 spiro atoms. The highest BCUT2D eigenvalue weighted by atomic mass is 16.5. The number of hydrogen-bond donors (Lipinski definition) is 0. The molecule has 2 aromatic carbocycles. The van der Waals surface area contributed by atoms with Crippen LogP contribution in [0.4, 0.5) is 0 Å². The van der Waals surface area contributed by atoms with Gasteiger partial charge in [-0.2, -0.15) is 0 Å². The van der Waals surface area contributed by atoms with Crippen LogP contribution in [-0.2, 0) is 11.2 Å². The number of piperazine rings is 1. The van der Waals surface area contributed by atoms with Crippen molar-refractivity contribution in [1.29, 1.82) is 0 Å². The average Bonchev–Trinajstić information content (AvgIpc) is 2.64. The van der Waals surface area contributed by atoms with Crippen LogP contribution in [0, 0.1) is 13.8 Å². The number of ether oxygens (including phenoxy) is 1. The molecule has 0 aromatic heterocycles. The largest absolute Gasteiger partial charge is 0.492 e. The van der Waals surface area contributed by atoms with Gasteiger partial charge in [-0.25, -0.2) is 0 Å². The number of aryl methyl sites for hydroxylation is 2. The molecule has 2 aromatic rings. The normalized spacial score (nSPS) is 15.1. The zero-order valence-electron chi connectivity index (χ0n) is 15.8. The van der Waals surface area contributed by atoms with E-state index in [0.717, 1.165) is 44.0 Å². The highest BCUT2D eigenvalue weighted by Gasteiger charge is 2.20. The minimum atomic E-state index is 0.226. The number of hydrogen-bond acceptors (Lipinski definition) is 3. The van der Waals surface area contributed by atoms with Crippen LogP contribution in [0.1, 0.15) is 16.7 Å². The van der Waals surface area contributed by atoms with Crippen molar-refractivity contribution in [3.63, 3.8) is 0 Å². The van der Waals surface area contributed by atoms with E-state index in [1.165, 1.54) is 11.1 Å². The third-order valence-corrected chi connectivity index (χ3v) is 4.87. The van der Waals surface area contributed by atoms with Crippen LogP contribution in [-0.4, -0.2) is 55.0 Å². The molecule has 1 fully saturated rings. The second-order valence-electron chi connectivity index (χ2n) is 7.05. The maximum absolute atomic E-state index is 12.5. The summed E-state index contributed by atoms with van der Waals surface area (Å²) in [6.45, 7) is 9.14. The highest BCUT2D eigenvalue weighted by molar-refractivity contribution is 5.78. The summed E-state index contributed by atoms with van der Waals surface area (Å²) in [5.41, 5.74) is 3.53. The monoisotopic (exact) mass is 352 g/mol. The van der Waals surface area contributed by atoms with E-state index in [0.29, 0.717) is 13.0 Å². The minimum absolute atomic E-state index is 0.226. The van der Waals surface area contributed by atoms with Crippen molar-refractivity contribution >= 4 is 5.91 Å². The first-order chi connectivity index (χ1) is 12.6. The van der Waals surface area contributed by atoms with E-state index in [1.807, 2.05) is 29.2 Å². The summed E-state index contributed by atoms with van der Waals surface area (Å²) in [6, 6.07) is 16.4. The number of carbonyl (C=O) groups is 1. The summed E-state index contributed by atoms with van der Waals surface area (Å²) >= 11 is 0. The molecule has 0 aliphatic carbocycles. The van der Waals surface area contributed by atoms with Gasteiger partial charge >= 0.3 is 0 Å². The first-order valence-electron chi connectivity index (χ1n) is 9.35. The summed E-state index contributed by atoms with van der Waals surface area (Å²) in [6.07, 6.45) is 0.497. The van der Waals surface area contributed by atoms with Gasteiger partial charge < -0.3 is 9.64 Å². The Hall–Kier alpha value is -2.33. The lowest BCUT2D eigenvalue weighted by Crippen LogP contribution is -2.49. The van der Waals surface area contributed by atoms with Gasteiger partial charge in [-0.3, -0.25) is 9.69 Å². The quantitative estimate of drug-likeness (QED) is 0.801. The van der Waals surface area contributed by atoms with Gasteiger partial charge in [0, 0.05) is 32.7 Å². The van der Waals surface area contributed by atoms with Crippen molar-refractivity contribution in [2.75, 3.05) is 39.3 Å². The Morgan fingerprint density at radius 3 is 2.38 bits per heavy atom. The lowest BCUT2D eigenvalue weighted by atomic mass is 10.1. The average molecular weight is 352 g/mol. The van der Waals surface area contributed by atoms with Gasteiger partial charge in [-0.1, -0.05) is 42.0 Å². The van der Waals surface area contributed by atoms with Crippen molar-refractivity contribution < 1.29 is 9.53 Å². The topological polar surface area (TPSA) is 32.8 Å². The van der Waals surface area contributed by atoms with E-state index in [-0.39, 0.29) is 5.91 Å². The molecule has 138 valence electrons. The number of carbonyl (C=O) groups excluding carboxylic acids is 1. The maximum Gasteiger partial charge on any atom is 0.227 e. The van der Waals surface area contributed by atoms with Gasteiger partial charge in [0.05, 0.1) is 6.42 Å². The molecular weight excluding hydrogens is 324 g/mol. The Morgan fingerprint density at radius 2 is 1.69 bits per heavy atom. The zero-order chi connectivity index (χ0) is 18.4. The summed E-state index contributed by atoms with van der Waals surface area (Å²) in [5.74, 6) is 1.15. The van der Waals surface area contributed by atoms with Gasteiger partial charge in [-0.05, 0) is 37.1 Å². The summed E-state index contributed by atoms with van der Waals surface area (Å²) in [4.78, 5) is 16.8. The molecular formula is C22H28N2O2. The Morgan fingerprint density at radius 1 is 0.962 bits per heavy atom. The molecule has 26 heavy (non-hydrogen) atoms. The molecule has 0 atom stereocenters. The number of rotatable bonds is 6. The fraction of sp³-hybridized carbons (Fsp3) is 0.409. The summed E-state index contributed by atoms with van der Waals surface area (Å²) in [7, 11) is 0. The smallest absolute Gasteiger partial charge is 0.227 e. The maximum atomic E-state index is 12.5. The first-order valence-corrected chi connectivity index (χ1v) is 9.35. The molecule has 0 saturated carbocycles. The van der Waals surface area contributed by atoms with E-state index >= 15 is 0 Å². The summed E-state index contributed by atoms with van der Waals surface area (Å²) < 4.78 is 5.83. The van der Waals surface area contributed by atoms with Gasteiger partial charge in [0.1, 0.15) is 12.4 Å². The fourth-order valence-corrected chi connectivity index (χ4v) is 3.21. The lowest BCUT2D eigenvalue weighted by Gasteiger charge is -2.34. The molecule has 1 saturated heterocycles. The first kappa shape index (κ1) is 18.5. The molecule has 0 unspecified atom stereocenters. The van der Waals surface area contributed by atoms with Crippen LogP contribution >= 0.6 is 0 Å². The van der Waals surface area contributed by atoms with Crippen LogP contribution in [0.3, 0.4) is 0 Å². The Balaban J connectivity index is 1.38. The molecule has 1 aliphatic heterocycles. The van der Waals surface area contributed by atoms with E-state index in [2.05, 4.69) is 43.0 Å². The Kier molecular flexibility index (Phi) is 6.29. The van der Waals surface area contributed by atoms with Gasteiger partial charge in [-0.15, -0.1) is 0 Å². The molecule has 0 radical (unpaired) electrons. The van der Waals surface area contributed by atoms with E-state index in [4.69, 9.17) is 4.74 Å². The van der Waals surface area contributed by atoms with Crippen LogP contribution in [0.2, 0.25) is 0 Å². The minimum Gasteiger partial charge on any atom is -0.492 e. The lowest BCUT2D eigenvalue weighted by molar-refractivity contribution is -0.132. The van der Waals surface area contributed by atoms with Crippen LogP contribution < -0.4 is 4.74 Å². The Bertz CT molecular complexity index is 719. The van der Waals surface area contributed by atoms with Gasteiger partial charge in [0.15, 0.2) is 0 Å². The standard InChI is InChI=1S/C22H28N2O2/c1-18-6-8-20(9-7-18)17-22(25)24-12-10-23(11-13-24)14-15-26-21-5-3-4-19(2)16-21/h3-9,16H,10-15,17H2,1-2H3. The van der Waals surface area contributed by atoms with Crippen molar-refractivity contribution in [1.82, 2.24) is 9.80 Å². The number of amides is 1. The van der Waals surface area contributed by atoms with E-state index in [9.17, 15) is 4.79 Å². The van der Waals surface area contributed by atoms with Crippen LogP contribution in [0.25, 0.3) is 0 Å². The predicted molar refractivity (Wildman–Crippen MR) is 105 cm³/mol. The molecule has 0 bridgehead atoms. The van der Waals surface area contributed by atoms with Crippen LogP contribution in [0.15, 0.2) is 48.5 Å². The zero-order valence-corrected chi connectivity index (χ0v) is 15.8. The fourth-order valence-electron chi connectivity index (χ4n) is 3.21. The molecule has 3 rings (SSSR count). The molecule has 1 amide bonds. The number of nitrogens with zero attached hydrogens (tertiary/aromatic N) is 2. The van der Waals surface area contributed by atoms with Gasteiger partial charge in [0.25, 0.3) is 0 Å². The molecule has 1 heterocycles. The highest BCUT2D eigenvalue weighted by Crippen LogP contribution is 2.13. The SMILES string of the molecule is Cc1ccc(CC(=O)N2CCN(CCOc3cccc(C)c3)CC2)cc1. The predicted octanol–water partition coefficient (Wildman–Crippen LogP) is 3.07. The van der Waals surface area contributed by atoms with Crippen molar-refractivity contribution in [2.24, 2.45) is 0 Å². The molecule has 0 N–H and O–H groups in total. The number of benzene rings is 2. The second-order valence-corrected chi connectivity index (χ2v) is 7.05. The van der Waals surface area contributed by atoms with Crippen LogP contribution in [0.5, 0.6) is 5.75 Å². The van der Waals surface area contributed by atoms with Gasteiger partial charge in [0.2, 0.25) is 5.91 Å². The van der Waals surface area contributed by atoms with Crippen molar-refractivity contribution in [3.05, 3.63) is 65.2 Å². The van der Waals surface area contributed by atoms with E-state index in [1.54, 1.807) is 0 Å². The van der Waals surface area contributed by atoms with E-state index < -0.39 is 0 Å². The van der Waals surface area contributed by atoms with Crippen molar-refractivity contribution in [3.8, 4) is 5.75 Å². The Labute approximate surface area is 156 Å². The van der Waals surface area contributed by atoms with Crippen molar-refractivity contribution in [2.45, 2.75) is 20.3 Å². The summed E-state index contributed by atoms with van der Waals surface area (Å²) in [5, 5.41) is 0. The second kappa shape index (κ2) is 8.86. The molecule has 1 aliphatic rings. The third kappa shape index (κ3) is 5.33. The molecule has 4 heteroatoms. The third-order valence-electron chi connectivity index (χ3n) is 4.87.